The van der Waals surface area contributed by atoms with E-state index in [1.807, 2.05) is 0 Å². The molecule has 0 saturated carbocycles. The molecule has 2 aliphatic rings. The molecule has 0 aliphatic carbocycles. The molecule has 0 spiro atoms. The number of rotatable bonds is 2. The van der Waals surface area contributed by atoms with Gasteiger partial charge in [-0.2, -0.15) is 0 Å². The van der Waals surface area contributed by atoms with Crippen LogP contribution in [0.15, 0.2) is 0 Å². The Morgan fingerprint density at radius 2 is 1.76 bits per heavy atom. The van der Waals surface area contributed by atoms with E-state index in [1.54, 1.807) is 19.0 Å². The number of hydrogen-bond acceptors (Lipinski definition) is 3. The fourth-order valence-electron chi connectivity index (χ4n) is 3.16. The van der Waals surface area contributed by atoms with Gasteiger partial charge in [0.15, 0.2) is 0 Å². The fraction of sp³-hybridized carbons (Fsp3) is 0.786. The van der Waals surface area contributed by atoms with Crippen LogP contribution in [0, 0.1) is 5.92 Å². The zero-order valence-electron chi connectivity index (χ0n) is 12.6. The van der Waals surface area contributed by atoms with Crippen LogP contribution < -0.4 is 0 Å². The summed E-state index contributed by atoms with van der Waals surface area (Å²) in [6, 6.07) is -0.791. The highest BCUT2D eigenvalue weighted by Gasteiger charge is 2.39. The topological polar surface area (TPSA) is 81.2 Å². The van der Waals surface area contributed by atoms with Crippen LogP contribution in [0.25, 0.3) is 0 Å². The standard InChI is InChI=1S/C14H23N3O4/c1-15(2)14(21)16-7-3-5-10(9-16)12(18)17-8-4-6-11(17)13(19)20/h10-11H,3-9H2,1-2H3,(H,19,20). The van der Waals surface area contributed by atoms with E-state index in [9.17, 15) is 19.5 Å². The van der Waals surface area contributed by atoms with Crippen molar-refractivity contribution >= 4 is 17.9 Å². The second-order valence-corrected chi connectivity index (χ2v) is 5.99. The maximum Gasteiger partial charge on any atom is 0.326 e. The Morgan fingerprint density at radius 1 is 1.10 bits per heavy atom. The molecule has 0 aromatic carbocycles. The average molecular weight is 297 g/mol. The summed E-state index contributed by atoms with van der Waals surface area (Å²) in [6.45, 7) is 1.55. The van der Waals surface area contributed by atoms with Gasteiger partial charge in [-0.25, -0.2) is 9.59 Å². The van der Waals surface area contributed by atoms with E-state index < -0.39 is 12.0 Å². The van der Waals surface area contributed by atoms with Gasteiger partial charge in [-0.1, -0.05) is 0 Å². The summed E-state index contributed by atoms with van der Waals surface area (Å²) in [6.07, 6.45) is 2.75. The number of carbonyl (C=O) groups excluding carboxylic acids is 2. The van der Waals surface area contributed by atoms with Crippen LogP contribution in [-0.4, -0.2) is 77.5 Å². The molecule has 3 amide bonds. The monoisotopic (exact) mass is 297 g/mol. The Bertz CT molecular complexity index is 438. The Labute approximate surface area is 124 Å². The molecule has 0 aromatic heterocycles. The van der Waals surface area contributed by atoms with Crippen molar-refractivity contribution in [1.29, 1.82) is 0 Å². The van der Waals surface area contributed by atoms with Crippen molar-refractivity contribution in [2.45, 2.75) is 31.7 Å². The molecule has 2 atom stereocenters. The average Bonchev–Trinajstić information content (AvgIpc) is 2.95. The van der Waals surface area contributed by atoms with Gasteiger partial charge in [0, 0.05) is 33.7 Å². The first-order valence-corrected chi connectivity index (χ1v) is 7.41. The van der Waals surface area contributed by atoms with Gasteiger partial charge < -0.3 is 19.8 Å². The molecule has 7 heteroatoms. The minimum atomic E-state index is -0.933. The molecule has 0 bridgehead atoms. The van der Waals surface area contributed by atoms with Gasteiger partial charge in [0.25, 0.3) is 0 Å². The van der Waals surface area contributed by atoms with Gasteiger partial charge in [0.2, 0.25) is 5.91 Å². The van der Waals surface area contributed by atoms with Gasteiger partial charge in [-0.05, 0) is 25.7 Å². The predicted octanol–water partition coefficient (Wildman–Crippen LogP) is 0.456. The Morgan fingerprint density at radius 3 is 2.38 bits per heavy atom. The number of hydrogen-bond donors (Lipinski definition) is 1. The van der Waals surface area contributed by atoms with Crippen molar-refractivity contribution in [3.8, 4) is 0 Å². The summed E-state index contributed by atoms with van der Waals surface area (Å²) >= 11 is 0. The smallest absolute Gasteiger partial charge is 0.326 e. The highest BCUT2D eigenvalue weighted by atomic mass is 16.4. The number of nitrogens with zero attached hydrogens (tertiary/aromatic N) is 3. The lowest BCUT2D eigenvalue weighted by molar-refractivity contribution is -0.150. The van der Waals surface area contributed by atoms with Crippen LogP contribution in [0.2, 0.25) is 0 Å². The van der Waals surface area contributed by atoms with Crippen LogP contribution in [0.4, 0.5) is 4.79 Å². The second kappa shape index (κ2) is 6.32. The van der Waals surface area contributed by atoms with Gasteiger partial charge >= 0.3 is 12.0 Å². The molecule has 7 nitrogen and oxygen atoms in total. The van der Waals surface area contributed by atoms with E-state index >= 15 is 0 Å². The summed E-state index contributed by atoms with van der Waals surface area (Å²) in [5, 5.41) is 9.18. The SMILES string of the molecule is CN(C)C(=O)N1CCCC(C(=O)N2CCCC2C(=O)O)C1. The van der Waals surface area contributed by atoms with Gasteiger partial charge in [0.05, 0.1) is 5.92 Å². The molecule has 2 heterocycles. The largest absolute Gasteiger partial charge is 0.480 e. The normalized spacial score (nSPS) is 25.8. The number of amides is 3. The van der Waals surface area contributed by atoms with Crippen molar-refractivity contribution in [3.63, 3.8) is 0 Å². The number of aliphatic carboxylic acids is 1. The third-order valence-corrected chi connectivity index (χ3v) is 4.24. The maximum atomic E-state index is 12.6. The Kier molecular flexibility index (Phi) is 4.69. The zero-order chi connectivity index (χ0) is 15.6. The summed E-state index contributed by atoms with van der Waals surface area (Å²) in [7, 11) is 3.38. The molecule has 118 valence electrons. The first-order chi connectivity index (χ1) is 9.91. The van der Waals surface area contributed by atoms with Crippen LogP contribution in [0.5, 0.6) is 0 Å². The Hall–Kier alpha value is -1.79. The van der Waals surface area contributed by atoms with E-state index in [-0.39, 0.29) is 17.9 Å². The van der Waals surface area contributed by atoms with Crippen molar-refractivity contribution in [2.75, 3.05) is 33.7 Å². The van der Waals surface area contributed by atoms with E-state index in [2.05, 4.69) is 0 Å². The van der Waals surface area contributed by atoms with Crippen molar-refractivity contribution in [3.05, 3.63) is 0 Å². The molecular weight excluding hydrogens is 274 g/mol. The summed E-state index contributed by atoms with van der Waals surface area (Å²) in [5.74, 6) is -1.32. The lowest BCUT2D eigenvalue weighted by Gasteiger charge is -2.36. The molecule has 2 rings (SSSR count). The number of urea groups is 1. The molecule has 2 saturated heterocycles. The summed E-state index contributed by atoms with van der Waals surface area (Å²) in [4.78, 5) is 40.4. The highest BCUT2D eigenvalue weighted by Crippen LogP contribution is 2.25. The summed E-state index contributed by atoms with van der Waals surface area (Å²) < 4.78 is 0. The molecule has 0 aromatic rings. The highest BCUT2D eigenvalue weighted by molar-refractivity contribution is 5.86. The van der Waals surface area contributed by atoms with E-state index in [0.717, 1.165) is 19.3 Å². The van der Waals surface area contributed by atoms with Gasteiger partial charge in [-0.3, -0.25) is 4.79 Å². The maximum absolute atomic E-state index is 12.6. The number of piperidine rings is 1. The Balaban J connectivity index is 2.02. The van der Waals surface area contributed by atoms with Gasteiger partial charge in [-0.15, -0.1) is 0 Å². The number of carboxylic acids is 1. The predicted molar refractivity (Wildman–Crippen MR) is 75.8 cm³/mol. The van der Waals surface area contributed by atoms with E-state index in [1.165, 1.54) is 9.80 Å². The first kappa shape index (κ1) is 15.6. The van der Waals surface area contributed by atoms with Gasteiger partial charge in [0.1, 0.15) is 6.04 Å². The molecular formula is C14H23N3O4. The van der Waals surface area contributed by atoms with Crippen LogP contribution in [0.3, 0.4) is 0 Å². The molecule has 2 fully saturated rings. The molecule has 0 radical (unpaired) electrons. The van der Waals surface area contributed by atoms with Crippen LogP contribution in [0.1, 0.15) is 25.7 Å². The third kappa shape index (κ3) is 3.28. The molecule has 2 unspecified atom stereocenters. The number of carboxylic acid groups (broad SMARTS) is 1. The van der Waals surface area contributed by atoms with E-state index in [4.69, 9.17) is 0 Å². The van der Waals surface area contributed by atoms with Crippen molar-refractivity contribution < 1.29 is 19.5 Å². The zero-order valence-corrected chi connectivity index (χ0v) is 12.6. The quantitative estimate of drug-likeness (QED) is 0.802. The van der Waals surface area contributed by atoms with Crippen LogP contribution >= 0.6 is 0 Å². The minimum absolute atomic E-state index is 0.0938. The third-order valence-electron chi connectivity index (χ3n) is 4.24. The van der Waals surface area contributed by atoms with Crippen molar-refractivity contribution in [2.24, 2.45) is 5.92 Å². The lowest BCUT2D eigenvalue weighted by atomic mass is 9.96. The van der Waals surface area contributed by atoms with Crippen LogP contribution in [-0.2, 0) is 9.59 Å². The first-order valence-electron chi connectivity index (χ1n) is 7.41. The fourth-order valence-corrected chi connectivity index (χ4v) is 3.16. The summed E-state index contributed by atoms with van der Waals surface area (Å²) in [5.41, 5.74) is 0. The van der Waals surface area contributed by atoms with Crippen molar-refractivity contribution in [1.82, 2.24) is 14.7 Å². The lowest BCUT2D eigenvalue weighted by Crippen LogP contribution is -2.51. The minimum Gasteiger partial charge on any atom is -0.480 e. The van der Waals surface area contributed by atoms with E-state index in [0.29, 0.717) is 26.1 Å². The molecule has 1 N–H and O–H groups in total. The second-order valence-electron chi connectivity index (χ2n) is 5.99. The number of likely N-dealkylation sites (tertiary alicyclic amines) is 2. The number of carbonyl (C=O) groups is 3. The molecule has 21 heavy (non-hydrogen) atoms. The molecule has 2 aliphatic heterocycles.